The van der Waals surface area contributed by atoms with E-state index in [1.54, 1.807) is 6.26 Å². The second-order valence-corrected chi connectivity index (χ2v) is 7.81. The molecule has 1 aliphatic heterocycles. The number of amides is 1. The van der Waals surface area contributed by atoms with Gasteiger partial charge in [0, 0.05) is 18.5 Å². The first-order chi connectivity index (χ1) is 12.4. The van der Waals surface area contributed by atoms with Crippen LogP contribution < -0.4 is 0 Å². The fourth-order valence-electron chi connectivity index (χ4n) is 3.55. The highest BCUT2D eigenvalue weighted by molar-refractivity contribution is 7.20. The molecule has 1 amide bonds. The topological polar surface area (TPSA) is 68.5 Å². The predicted octanol–water partition coefficient (Wildman–Crippen LogP) is 3.82. The van der Waals surface area contributed by atoms with Gasteiger partial charge in [0.25, 0.3) is 5.91 Å². The minimum absolute atomic E-state index is 0.0458. The highest BCUT2D eigenvalue weighted by Crippen LogP contribution is 2.34. The fourth-order valence-corrected chi connectivity index (χ4v) is 4.75. The lowest BCUT2D eigenvalue weighted by Gasteiger charge is -2.35. The van der Waals surface area contributed by atoms with Gasteiger partial charge in [-0.3, -0.25) is 4.79 Å². The SMILES string of the molecule is Cc1nc(-c2ccco2)nc2sc(C(=O)N3CC(C)OC(C)C3)c(C)c12. The second kappa shape index (κ2) is 6.48. The maximum atomic E-state index is 13.1. The Balaban J connectivity index is 1.75. The third-order valence-corrected chi connectivity index (χ3v) is 5.79. The molecular weight excluding hydrogens is 350 g/mol. The van der Waals surface area contributed by atoms with Crippen molar-refractivity contribution in [1.82, 2.24) is 14.9 Å². The van der Waals surface area contributed by atoms with Crippen LogP contribution in [0.4, 0.5) is 0 Å². The Labute approximate surface area is 155 Å². The molecule has 2 unspecified atom stereocenters. The van der Waals surface area contributed by atoms with Gasteiger partial charge in [-0.15, -0.1) is 11.3 Å². The maximum Gasteiger partial charge on any atom is 0.264 e. The lowest BCUT2D eigenvalue weighted by Crippen LogP contribution is -2.48. The first kappa shape index (κ1) is 17.2. The van der Waals surface area contributed by atoms with Crippen molar-refractivity contribution < 1.29 is 13.9 Å². The molecule has 136 valence electrons. The quantitative estimate of drug-likeness (QED) is 0.685. The van der Waals surface area contributed by atoms with Gasteiger partial charge >= 0.3 is 0 Å². The van der Waals surface area contributed by atoms with Crippen LogP contribution in [0.5, 0.6) is 0 Å². The number of hydrogen-bond acceptors (Lipinski definition) is 6. The number of carbonyl (C=O) groups is 1. The molecule has 0 spiro atoms. The predicted molar refractivity (Wildman–Crippen MR) is 101 cm³/mol. The zero-order chi connectivity index (χ0) is 18.4. The molecule has 7 heteroatoms. The minimum atomic E-state index is 0.0458. The molecule has 1 fully saturated rings. The van der Waals surface area contributed by atoms with Crippen molar-refractivity contribution in [2.24, 2.45) is 0 Å². The lowest BCUT2D eigenvalue weighted by molar-refractivity contribution is -0.0585. The number of hydrogen-bond donors (Lipinski definition) is 0. The summed E-state index contributed by atoms with van der Waals surface area (Å²) in [6.07, 6.45) is 1.70. The van der Waals surface area contributed by atoms with E-state index in [0.29, 0.717) is 24.7 Å². The van der Waals surface area contributed by atoms with Crippen LogP contribution in [-0.2, 0) is 4.74 Å². The van der Waals surface area contributed by atoms with Gasteiger partial charge in [0.15, 0.2) is 11.6 Å². The number of aromatic nitrogens is 2. The summed E-state index contributed by atoms with van der Waals surface area (Å²) in [5.74, 6) is 1.23. The van der Waals surface area contributed by atoms with Crippen LogP contribution in [0.25, 0.3) is 21.8 Å². The van der Waals surface area contributed by atoms with E-state index >= 15 is 0 Å². The van der Waals surface area contributed by atoms with E-state index < -0.39 is 0 Å². The summed E-state index contributed by atoms with van der Waals surface area (Å²) in [7, 11) is 0. The van der Waals surface area contributed by atoms with Gasteiger partial charge in [-0.1, -0.05) is 0 Å². The zero-order valence-electron chi connectivity index (χ0n) is 15.3. The largest absolute Gasteiger partial charge is 0.461 e. The third kappa shape index (κ3) is 2.91. The average Bonchev–Trinajstić information content (AvgIpc) is 3.21. The van der Waals surface area contributed by atoms with Gasteiger partial charge in [0.2, 0.25) is 0 Å². The minimum Gasteiger partial charge on any atom is -0.461 e. The lowest BCUT2D eigenvalue weighted by atomic mass is 10.1. The van der Waals surface area contributed by atoms with E-state index in [9.17, 15) is 4.79 Å². The van der Waals surface area contributed by atoms with Gasteiger partial charge in [-0.05, 0) is 45.4 Å². The molecule has 4 heterocycles. The van der Waals surface area contributed by atoms with E-state index in [4.69, 9.17) is 9.15 Å². The molecule has 3 aromatic heterocycles. The number of morpholine rings is 1. The second-order valence-electron chi connectivity index (χ2n) is 6.81. The molecule has 0 bridgehead atoms. The molecule has 4 rings (SSSR count). The van der Waals surface area contributed by atoms with Crippen molar-refractivity contribution in [3.63, 3.8) is 0 Å². The third-order valence-electron chi connectivity index (χ3n) is 4.61. The molecule has 0 aliphatic carbocycles. The van der Waals surface area contributed by atoms with Gasteiger partial charge in [-0.25, -0.2) is 9.97 Å². The van der Waals surface area contributed by atoms with E-state index in [1.165, 1.54) is 11.3 Å². The Morgan fingerprint density at radius 1 is 1.23 bits per heavy atom. The number of fused-ring (bicyclic) bond motifs is 1. The van der Waals surface area contributed by atoms with Crippen LogP contribution in [0.15, 0.2) is 22.8 Å². The molecule has 0 aromatic carbocycles. The zero-order valence-corrected chi connectivity index (χ0v) is 16.1. The average molecular weight is 371 g/mol. The number of thiophene rings is 1. The van der Waals surface area contributed by atoms with E-state index in [2.05, 4.69) is 9.97 Å². The number of carbonyl (C=O) groups excluding carboxylic acids is 1. The molecule has 26 heavy (non-hydrogen) atoms. The Hall–Kier alpha value is -2.25. The number of aryl methyl sites for hydroxylation is 2. The molecule has 1 aliphatic rings. The molecule has 6 nitrogen and oxygen atoms in total. The van der Waals surface area contributed by atoms with Crippen LogP contribution in [0.2, 0.25) is 0 Å². The Morgan fingerprint density at radius 3 is 2.62 bits per heavy atom. The maximum absolute atomic E-state index is 13.1. The molecule has 3 aromatic rings. The van der Waals surface area contributed by atoms with Crippen LogP contribution in [-0.4, -0.2) is 46.1 Å². The Bertz CT molecular complexity index is 954. The Morgan fingerprint density at radius 2 is 1.96 bits per heavy atom. The van der Waals surface area contributed by atoms with Crippen molar-refractivity contribution in [2.75, 3.05) is 13.1 Å². The summed E-state index contributed by atoms with van der Waals surface area (Å²) in [6, 6.07) is 3.65. The molecule has 2 atom stereocenters. The van der Waals surface area contributed by atoms with Crippen LogP contribution in [0, 0.1) is 13.8 Å². The molecule has 1 saturated heterocycles. The van der Waals surface area contributed by atoms with E-state index in [1.807, 2.05) is 44.7 Å². The smallest absolute Gasteiger partial charge is 0.264 e. The normalized spacial score (nSPS) is 20.7. The fraction of sp³-hybridized carbons (Fsp3) is 0.421. The summed E-state index contributed by atoms with van der Waals surface area (Å²) in [5, 5.41) is 0.961. The number of ether oxygens (including phenoxy) is 1. The van der Waals surface area contributed by atoms with Crippen LogP contribution >= 0.6 is 11.3 Å². The monoisotopic (exact) mass is 371 g/mol. The van der Waals surface area contributed by atoms with Crippen molar-refractivity contribution in [3.8, 4) is 11.6 Å². The van der Waals surface area contributed by atoms with Crippen molar-refractivity contribution in [1.29, 1.82) is 0 Å². The summed E-state index contributed by atoms with van der Waals surface area (Å²) in [6.45, 7) is 9.14. The number of furan rings is 1. The number of nitrogens with zero attached hydrogens (tertiary/aromatic N) is 3. The van der Waals surface area contributed by atoms with E-state index in [-0.39, 0.29) is 18.1 Å². The first-order valence-electron chi connectivity index (χ1n) is 8.70. The summed E-state index contributed by atoms with van der Waals surface area (Å²) >= 11 is 1.43. The summed E-state index contributed by atoms with van der Waals surface area (Å²) < 4.78 is 11.2. The molecule has 0 N–H and O–H groups in total. The van der Waals surface area contributed by atoms with Gasteiger partial charge in [0.05, 0.1) is 29.0 Å². The molecular formula is C19H21N3O3S. The van der Waals surface area contributed by atoms with Gasteiger partial charge in [-0.2, -0.15) is 0 Å². The summed E-state index contributed by atoms with van der Waals surface area (Å²) in [5.41, 5.74) is 1.81. The van der Waals surface area contributed by atoms with Crippen LogP contribution in [0.1, 0.15) is 34.8 Å². The Kier molecular flexibility index (Phi) is 4.28. The molecule has 0 saturated carbocycles. The van der Waals surface area contributed by atoms with Gasteiger partial charge in [0.1, 0.15) is 4.83 Å². The van der Waals surface area contributed by atoms with Crippen molar-refractivity contribution >= 4 is 27.5 Å². The molecule has 0 radical (unpaired) electrons. The van der Waals surface area contributed by atoms with Crippen LogP contribution in [0.3, 0.4) is 0 Å². The highest BCUT2D eigenvalue weighted by Gasteiger charge is 2.29. The first-order valence-corrected chi connectivity index (χ1v) is 9.52. The van der Waals surface area contributed by atoms with Gasteiger partial charge < -0.3 is 14.1 Å². The van der Waals surface area contributed by atoms with Crippen molar-refractivity contribution in [2.45, 2.75) is 39.9 Å². The number of rotatable bonds is 2. The summed E-state index contributed by atoms with van der Waals surface area (Å²) in [4.78, 5) is 25.8. The highest BCUT2D eigenvalue weighted by atomic mass is 32.1. The standard InChI is InChI=1S/C19H21N3O3S/c1-10-8-22(9-11(2)25-10)19(23)16-12(3)15-13(4)20-17(21-18(15)26-16)14-6-5-7-24-14/h5-7,10-11H,8-9H2,1-4H3. The van der Waals surface area contributed by atoms with Crippen molar-refractivity contribution in [3.05, 3.63) is 34.5 Å². The van der Waals surface area contributed by atoms with E-state index in [0.717, 1.165) is 26.4 Å².